The zero-order valence-corrected chi connectivity index (χ0v) is 20.1. The zero-order valence-electron chi connectivity index (χ0n) is 20.1. The van der Waals surface area contributed by atoms with Crippen LogP contribution in [0.15, 0.2) is 55.0 Å². The minimum atomic E-state index is -0.532. The molecule has 0 saturated heterocycles. The summed E-state index contributed by atoms with van der Waals surface area (Å²) in [6.45, 7) is 2.49. The first-order chi connectivity index (χ1) is 17.9. The van der Waals surface area contributed by atoms with Crippen molar-refractivity contribution in [3.63, 3.8) is 0 Å². The van der Waals surface area contributed by atoms with Crippen molar-refractivity contribution in [1.82, 2.24) is 29.9 Å². The molecule has 1 amide bonds. The number of hydrogen-bond donors (Lipinski definition) is 3. The summed E-state index contributed by atoms with van der Waals surface area (Å²) < 4.78 is 21.8. The molecule has 3 heterocycles. The number of halogens is 1. The second-order valence-electron chi connectivity index (χ2n) is 8.59. The fourth-order valence-electron chi connectivity index (χ4n) is 3.81. The molecule has 0 aliphatic rings. The molecule has 11 nitrogen and oxygen atoms in total. The Labute approximate surface area is 210 Å². The van der Waals surface area contributed by atoms with Crippen molar-refractivity contribution in [3.05, 3.63) is 72.1 Å². The van der Waals surface area contributed by atoms with E-state index in [1.807, 2.05) is 6.92 Å². The lowest BCUT2D eigenvalue weighted by atomic mass is 10.1. The first kappa shape index (κ1) is 24.0. The molecule has 188 valence electrons. The van der Waals surface area contributed by atoms with Crippen LogP contribution in [0.1, 0.15) is 23.0 Å². The van der Waals surface area contributed by atoms with Crippen LogP contribution in [0.2, 0.25) is 0 Å². The van der Waals surface area contributed by atoms with Gasteiger partial charge in [-0.25, -0.2) is 9.37 Å². The predicted molar refractivity (Wildman–Crippen MR) is 137 cm³/mol. The Balaban J connectivity index is 1.49. The van der Waals surface area contributed by atoms with Gasteiger partial charge in [-0.1, -0.05) is 0 Å². The monoisotopic (exact) mass is 501 g/mol. The van der Waals surface area contributed by atoms with Gasteiger partial charge in [-0.05, 0) is 43.3 Å². The number of carbonyl (C=O) groups excluding carboxylic acids is 1. The van der Waals surface area contributed by atoms with Crippen LogP contribution in [-0.4, -0.2) is 48.4 Å². The lowest BCUT2D eigenvalue weighted by Gasteiger charge is -2.14. The molecule has 5 rings (SSSR count). The highest BCUT2D eigenvalue weighted by Gasteiger charge is 2.18. The van der Waals surface area contributed by atoms with Gasteiger partial charge in [0, 0.05) is 60.4 Å². The minimum Gasteiger partial charge on any atom is -0.457 e. The topological polar surface area (TPSA) is 146 Å². The Morgan fingerprint density at radius 1 is 1.24 bits per heavy atom. The van der Waals surface area contributed by atoms with E-state index in [0.29, 0.717) is 39.9 Å². The molecule has 0 unspecified atom stereocenters. The average Bonchev–Trinajstić information content (AvgIpc) is 3.27. The minimum absolute atomic E-state index is 0.0689. The Morgan fingerprint density at radius 3 is 2.89 bits per heavy atom. The predicted octanol–water partition coefficient (Wildman–Crippen LogP) is 3.04. The summed E-state index contributed by atoms with van der Waals surface area (Å²) >= 11 is 0. The van der Waals surface area contributed by atoms with E-state index in [4.69, 9.17) is 10.5 Å². The van der Waals surface area contributed by atoms with Gasteiger partial charge in [0.25, 0.3) is 5.91 Å². The van der Waals surface area contributed by atoms with E-state index in [1.165, 1.54) is 10.7 Å². The summed E-state index contributed by atoms with van der Waals surface area (Å²) in [5, 5.41) is 19.1. The van der Waals surface area contributed by atoms with E-state index in [0.717, 1.165) is 0 Å². The molecule has 0 aliphatic heterocycles. The van der Waals surface area contributed by atoms with Gasteiger partial charge in [-0.3, -0.25) is 9.48 Å². The molecule has 5 aromatic rings. The molecule has 0 bridgehead atoms. The van der Waals surface area contributed by atoms with Gasteiger partial charge >= 0.3 is 6.01 Å². The van der Waals surface area contributed by atoms with Crippen molar-refractivity contribution in [2.24, 2.45) is 12.8 Å². The summed E-state index contributed by atoms with van der Waals surface area (Å²) in [5.41, 5.74) is 8.36. The Hall–Kier alpha value is -4.71. The third kappa shape index (κ3) is 5.28. The molecule has 0 aliphatic carbocycles. The largest absolute Gasteiger partial charge is 0.457 e. The number of carbonyl (C=O) groups is 1. The van der Waals surface area contributed by atoms with Crippen molar-refractivity contribution in [1.29, 1.82) is 0 Å². The van der Waals surface area contributed by atoms with Crippen LogP contribution >= 0.6 is 0 Å². The fraction of sp³-hybridized carbons (Fsp3) is 0.200. The summed E-state index contributed by atoms with van der Waals surface area (Å²) in [6, 6.07) is 9.78. The number of amides is 1. The van der Waals surface area contributed by atoms with Gasteiger partial charge in [0.2, 0.25) is 0 Å². The normalized spacial score (nSPS) is 12.0. The second kappa shape index (κ2) is 10.1. The number of fused-ring (bicyclic) bond motifs is 2. The van der Waals surface area contributed by atoms with Gasteiger partial charge in [0.05, 0.1) is 11.1 Å². The highest BCUT2D eigenvalue weighted by atomic mass is 19.1. The average molecular weight is 502 g/mol. The van der Waals surface area contributed by atoms with Crippen LogP contribution in [0.3, 0.4) is 0 Å². The van der Waals surface area contributed by atoms with Crippen LogP contribution in [0.5, 0.6) is 6.01 Å². The highest BCUT2D eigenvalue weighted by molar-refractivity contribution is 6.14. The number of aromatic nitrogens is 6. The van der Waals surface area contributed by atoms with E-state index in [1.54, 1.807) is 56.0 Å². The molecule has 12 heteroatoms. The smallest absolute Gasteiger partial charge is 0.317 e. The number of benzene rings is 2. The maximum Gasteiger partial charge on any atom is 0.317 e. The molecule has 0 fully saturated rings. The fourth-order valence-corrected chi connectivity index (χ4v) is 3.81. The molecule has 0 radical (unpaired) electrons. The number of nitrogens with two attached hydrogens (primary N) is 1. The first-order valence-electron chi connectivity index (χ1n) is 11.5. The van der Waals surface area contributed by atoms with Crippen molar-refractivity contribution < 1.29 is 13.9 Å². The summed E-state index contributed by atoms with van der Waals surface area (Å²) in [7, 11) is 1.70. The molecule has 0 saturated carbocycles. The van der Waals surface area contributed by atoms with E-state index < -0.39 is 11.7 Å². The Kier molecular flexibility index (Phi) is 6.56. The van der Waals surface area contributed by atoms with Crippen LogP contribution in [-0.2, 0) is 13.7 Å². The van der Waals surface area contributed by atoms with Gasteiger partial charge in [0.1, 0.15) is 17.8 Å². The van der Waals surface area contributed by atoms with Crippen molar-refractivity contribution in [2.75, 3.05) is 17.2 Å². The van der Waals surface area contributed by atoms with Gasteiger partial charge in [-0.2, -0.15) is 20.3 Å². The number of nitrogens with one attached hydrogen (secondary N) is 2. The standard InChI is InChI=1S/C25H24FN9O2/c1-14(27)10-28-21-6-5-18(24(36)31-17-8-15-12-35(2)34-22(15)20(26)9-17)23-19(21)11-29-25(32-23)37-13-16-4-3-7-30-33-16/h3-9,11-12,14,28H,10,13,27H2,1-2H3,(H,31,36)/t14-/m1/s1. The quantitative estimate of drug-likeness (QED) is 0.292. The molecule has 37 heavy (non-hydrogen) atoms. The van der Waals surface area contributed by atoms with E-state index in [9.17, 15) is 9.18 Å². The summed E-state index contributed by atoms with van der Waals surface area (Å²) in [5.74, 6) is -0.999. The van der Waals surface area contributed by atoms with Crippen LogP contribution in [0, 0.1) is 5.82 Å². The number of ether oxygens (including phenoxy) is 1. The maximum atomic E-state index is 14.6. The Morgan fingerprint density at radius 2 is 2.11 bits per heavy atom. The highest BCUT2D eigenvalue weighted by Crippen LogP contribution is 2.28. The van der Waals surface area contributed by atoms with Gasteiger partial charge in [-0.15, -0.1) is 0 Å². The maximum absolute atomic E-state index is 14.6. The molecule has 1 atom stereocenters. The van der Waals surface area contributed by atoms with Crippen LogP contribution < -0.4 is 21.1 Å². The molecular formula is C25H24FN9O2. The van der Waals surface area contributed by atoms with Crippen molar-refractivity contribution >= 4 is 39.1 Å². The first-order valence-corrected chi connectivity index (χ1v) is 11.5. The number of nitrogens with zero attached hydrogens (tertiary/aromatic N) is 6. The second-order valence-corrected chi connectivity index (χ2v) is 8.59. The summed E-state index contributed by atoms with van der Waals surface area (Å²) in [4.78, 5) is 22.1. The molecule has 2 aromatic carbocycles. The van der Waals surface area contributed by atoms with Crippen LogP contribution in [0.25, 0.3) is 21.8 Å². The van der Waals surface area contributed by atoms with E-state index in [2.05, 4.69) is 35.9 Å². The van der Waals surface area contributed by atoms with Crippen molar-refractivity contribution in [3.8, 4) is 6.01 Å². The number of hydrogen-bond acceptors (Lipinski definition) is 9. The van der Waals surface area contributed by atoms with Crippen LogP contribution in [0.4, 0.5) is 15.8 Å². The number of anilines is 2. The van der Waals surface area contributed by atoms with E-state index >= 15 is 0 Å². The molecule has 3 aromatic heterocycles. The summed E-state index contributed by atoms with van der Waals surface area (Å²) in [6.07, 6.45) is 4.82. The Bertz CT molecular complexity index is 1590. The SMILES string of the molecule is C[C@@H](N)CNc1ccc(C(=O)Nc2cc(F)c3nn(C)cc3c2)c2nc(OCc3cccnn3)ncc12. The third-order valence-corrected chi connectivity index (χ3v) is 5.50. The zero-order chi connectivity index (χ0) is 25.9. The molecule has 4 N–H and O–H groups in total. The van der Waals surface area contributed by atoms with E-state index in [-0.39, 0.29) is 29.7 Å². The molecular weight excluding hydrogens is 477 g/mol. The number of aryl methyl sites for hydroxylation is 1. The van der Waals surface area contributed by atoms with Gasteiger partial charge < -0.3 is 21.1 Å². The number of rotatable bonds is 8. The van der Waals surface area contributed by atoms with Crippen molar-refractivity contribution in [2.45, 2.75) is 19.6 Å². The third-order valence-electron chi connectivity index (χ3n) is 5.50. The lowest BCUT2D eigenvalue weighted by molar-refractivity contribution is 0.102. The van der Waals surface area contributed by atoms with Gasteiger partial charge in [0.15, 0.2) is 5.82 Å². The lowest BCUT2D eigenvalue weighted by Crippen LogP contribution is -2.25. The molecule has 0 spiro atoms.